The van der Waals surface area contributed by atoms with Crippen LogP contribution in [0.2, 0.25) is 0 Å². The van der Waals surface area contributed by atoms with Crippen molar-refractivity contribution >= 4 is 40.5 Å². The van der Waals surface area contributed by atoms with Crippen molar-refractivity contribution in [3.8, 4) is 0 Å². The van der Waals surface area contributed by atoms with Gasteiger partial charge < -0.3 is 5.48 Å². The van der Waals surface area contributed by atoms with Crippen LogP contribution in [-0.4, -0.2) is 79.9 Å². The summed E-state index contributed by atoms with van der Waals surface area (Å²) in [6, 6.07) is 0. The molecule has 8 N–H and O–H groups in total. The van der Waals surface area contributed by atoms with Crippen LogP contribution in [0.15, 0.2) is 0 Å². The third kappa shape index (κ3) is 8.80. The van der Waals surface area contributed by atoms with Gasteiger partial charge in [0.25, 0.3) is 49.9 Å². The van der Waals surface area contributed by atoms with E-state index >= 15 is 0 Å². The second kappa shape index (κ2) is 8.06. The Labute approximate surface area is 131 Å². The molecule has 142 valence electrons. The second-order valence-electron chi connectivity index (χ2n) is 3.63. The first kappa shape index (κ1) is 24.8. The number of hydrogen-bond donors (Lipinski definition) is 6. The maximum absolute atomic E-state index is 10.7. The summed E-state index contributed by atoms with van der Waals surface area (Å²) >= 11 is 0. The van der Waals surface area contributed by atoms with Gasteiger partial charge in [-0.3, -0.25) is 28.8 Å². The van der Waals surface area contributed by atoms with E-state index in [9.17, 15) is 33.7 Å². The highest BCUT2D eigenvalue weighted by atomic mass is 32.3. The minimum Gasteiger partial charge on any atom is -0.412 e. The fourth-order valence-electron chi connectivity index (χ4n) is 1.11. The number of nitrogens with one attached hydrogen (secondary N) is 2. The highest BCUT2D eigenvalue weighted by Gasteiger charge is 2.36. The van der Waals surface area contributed by atoms with E-state index < -0.39 is 63.0 Å². The second-order valence-corrected chi connectivity index (χ2v) is 10.2. The van der Waals surface area contributed by atoms with Crippen molar-refractivity contribution in [3.63, 3.8) is 0 Å². The summed E-state index contributed by atoms with van der Waals surface area (Å²) in [6.45, 7) is -1.63. The lowest BCUT2D eigenvalue weighted by molar-refractivity contribution is 0.428. The van der Waals surface area contributed by atoms with Gasteiger partial charge in [0.2, 0.25) is 0 Å². The van der Waals surface area contributed by atoms with Crippen LogP contribution in [-0.2, 0) is 40.5 Å². The van der Waals surface area contributed by atoms with E-state index in [2.05, 4.69) is 0 Å². The summed E-state index contributed by atoms with van der Waals surface area (Å²) in [5.74, 6) is 0. The van der Waals surface area contributed by atoms with E-state index in [0.29, 0.717) is 0 Å². The average molecular weight is 426 g/mol. The molecule has 0 fully saturated rings. The lowest BCUT2D eigenvalue weighted by atomic mass is 10.6. The molecule has 0 rings (SSSR count). The molecule has 0 aromatic heterocycles. The zero-order chi connectivity index (χ0) is 18.0. The van der Waals surface area contributed by atoms with Crippen LogP contribution in [0.4, 0.5) is 0 Å². The van der Waals surface area contributed by atoms with Gasteiger partial charge in [-0.2, -0.15) is 33.7 Å². The van der Waals surface area contributed by atoms with E-state index in [0.717, 1.165) is 0 Å². The topological polar surface area (TPSA) is 273 Å². The Morgan fingerprint density at radius 2 is 0.739 bits per heavy atom. The van der Waals surface area contributed by atoms with Gasteiger partial charge in [-0.05, 0) is 0 Å². The molecule has 0 spiro atoms. The first-order valence-corrected chi connectivity index (χ1v) is 10.8. The van der Waals surface area contributed by atoms with Crippen molar-refractivity contribution in [3.05, 3.63) is 0 Å². The molecule has 0 heterocycles. The Bertz CT molecular complexity index is 658. The van der Waals surface area contributed by atoms with E-state index in [1.165, 1.54) is 0 Å². The molecular weight excluding hydrogens is 412 g/mol. The van der Waals surface area contributed by atoms with E-state index in [1.807, 2.05) is 0 Å². The molecule has 0 aromatic rings. The van der Waals surface area contributed by atoms with Gasteiger partial charge in [-0.15, -0.1) is 0 Å². The fourth-order valence-corrected chi connectivity index (χ4v) is 4.88. The summed E-state index contributed by atoms with van der Waals surface area (Å²) in [6.07, 6.45) is 0. The van der Waals surface area contributed by atoms with Crippen LogP contribution in [0.3, 0.4) is 0 Å². The first-order valence-electron chi connectivity index (χ1n) is 4.79. The molecule has 0 aliphatic carbocycles. The van der Waals surface area contributed by atoms with Crippen LogP contribution < -0.4 is 10.6 Å². The first-order chi connectivity index (χ1) is 9.47. The predicted octanol–water partition coefficient (Wildman–Crippen LogP) is -4.54. The van der Waals surface area contributed by atoms with E-state index in [-0.39, 0.29) is 5.48 Å². The maximum Gasteiger partial charge on any atom is 0.298 e. The molecule has 0 aromatic carbocycles. The summed E-state index contributed by atoms with van der Waals surface area (Å²) in [7, 11) is -21.2. The van der Waals surface area contributed by atoms with Gasteiger partial charge in [-0.1, -0.05) is 0 Å². The van der Waals surface area contributed by atoms with Crippen LogP contribution in [0.5, 0.6) is 0 Å². The highest BCUT2D eigenvalue weighted by molar-refractivity contribution is 8.04. The molecule has 23 heavy (non-hydrogen) atoms. The average Bonchev–Trinajstić information content (AvgIpc) is 2.14. The van der Waals surface area contributed by atoms with Gasteiger partial charge in [0.1, 0.15) is 0 Å². The number of rotatable bonds is 9. The Hall–Kier alpha value is -0.480. The van der Waals surface area contributed by atoms with Gasteiger partial charge in [0, 0.05) is 13.1 Å². The smallest absolute Gasteiger partial charge is 0.298 e. The SMILES string of the molecule is O.O=S(=O)(O)C(NCCNC(S(=O)(=O)O)S(=O)(=O)O)S(=O)(=O)O. The van der Waals surface area contributed by atoms with Crippen LogP contribution in [0.1, 0.15) is 0 Å². The number of hydrogen-bond acceptors (Lipinski definition) is 10. The molecule has 0 aliphatic rings. The third-order valence-corrected chi connectivity index (χ3v) is 7.58. The van der Waals surface area contributed by atoms with Crippen molar-refractivity contribution in [2.45, 2.75) is 9.41 Å². The van der Waals surface area contributed by atoms with Gasteiger partial charge in [-0.25, -0.2) is 0 Å². The maximum atomic E-state index is 10.7. The van der Waals surface area contributed by atoms with Crippen molar-refractivity contribution < 1.29 is 57.4 Å². The van der Waals surface area contributed by atoms with Gasteiger partial charge >= 0.3 is 0 Å². The molecular formula is C4H14N2O13S4. The Balaban J connectivity index is 0. The van der Waals surface area contributed by atoms with Crippen LogP contribution in [0.25, 0.3) is 0 Å². The van der Waals surface area contributed by atoms with Crippen molar-refractivity contribution in [2.75, 3.05) is 13.1 Å². The molecule has 0 aliphatic heterocycles. The molecule has 19 heteroatoms. The molecule has 0 saturated heterocycles. The molecule has 0 amide bonds. The summed E-state index contributed by atoms with van der Waals surface area (Å²) in [5.41, 5.74) is 0. The minimum absolute atomic E-state index is 0. The molecule has 0 saturated carbocycles. The van der Waals surface area contributed by atoms with Crippen LogP contribution in [0, 0.1) is 0 Å². The Kier molecular flexibility index (Phi) is 8.68. The summed E-state index contributed by atoms with van der Waals surface area (Å²) in [4.78, 5) is 0. The molecule has 15 nitrogen and oxygen atoms in total. The standard InChI is InChI=1S/C4H12N2O12S4.H2O/c7-19(8,9)3(20(10,11)12)5-1-2-6-4(21(13,14)15)22(16,17)18;/h3-6H,1-2H2,(H,7,8,9)(H,10,11,12)(H,13,14,15)(H,16,17,18);1H2. The van der Waals surface area contributed by atoms with Crippen molar-refractivity contribution in [1.29, 1.82) is 0 Å². The summed E-state index contributed by atoms with van der Waals surface area (Å²) < 4.78 is 114. The normalized spacial score (nSPS) is 14.0. The minimum atomic E-state index is -5.29. The zero-order valence-corrected chi connectivity index (χ0v) is 14.0. The molecule has 0 bridgehead atoms. The monoisotopic (exact) mass is 426 g/mol. The summed E-state index contributed by atoms with van der Waals surface area (Å²) in [5, 5.41) is 3.13. The quantitative estimate of drug-likeness (QED) is 0.150. The predicted molar refractivity (Wildman–Crippen MR) is 73.4 cm³/mol. The largest absolute Gasteiger partial charge is 0.412 e. The van der Waals surface area contributed by atoms with E-state index in [1.54, 1.807) is 10.6 Å². The fraction of sp³-hybridized carbons (Fsp3) is 1.00. The van der Waals surface area contributed by atoms with Crippen LogP contribution >= 0.6 is 0 Å². The molecule has 0 atom stereocenters. The van der Waals surface area contributed by atoms with Crippen molar-refractivity contribution in [1.82, 2.24) is 10.6 Å². The third-order valence-electron chi connectivity index (χ3n) is 1.83. The molecule has 0 radical (unpaired) electrons. The highest BCUT2D eigenvalue weighted by Crippen LogP contribution is 2.04. The Morgan fingerprint density at radius 3 is 0.870 bits per heavy atom. The zero-order valence-electron chi connectivity index (χ0n) is 10.8. The van der Waals surface area contributed by atoms with E-state index in [4.69, 9.17) is 18.2 Å². The molecule has 0 unspecified atom stereocenters. The van der Waals surface area contributed by atoms with Gasteiger partial charge in [0.05, 0.1) is 0 Å². The van der Waals surface area contributed by atoms with Gasteiger partial charge in [0.15, 0.2) is 0 Å². The lowest BCUT2D eigenvalue weighted by Gasteiger charge is -2.15. The lowest BCUT2D eigenvalue weighted by Crippen LogP contribution is -2.49. The van der Waals surface area contributed by atoms with Crippen molar-refractivity contribution in [2.24, 2.45) is 0 Å². The Morgan fingerprint density at radius 1 is 0.565 bits per heavy atom.